The van der Waals surface area contributed by atoms with Gasteiger partial charge in [0, 0.05) is 18.3 Å². The molecular weight excluding hydrogens is 238 g/mol. The molecular formula is C12H21NO3S. The highest BCUT2D eigenvalue weighted by Gasteiger charge is 2.07. The van der Waals surface area contributed by atoms with Gasteiger partial charge in [0.15, 0.2) is 0 Å². The molecule has 2 unspecified atom stereocenters. The average molecular weight is 259 g/mol. The number of hydrogen-bond acceptors (Lipinski definition) is 5. The Labute approximate surface area is 107 Å². The van der Waals surface area contributed by atoms with Crippen LogP contribution in [0.3, 0.4) is 0 Å². The fourth-order valence-corrected chi connectivity index (χ4v) is 2.01. The predicted molar refractivity (Wildman–Crippen MR) is 70.2 cm³/mol. The van der Waals surface area contributed by atoms with Crippen molar-refractivity contribution in [1.29, 1.82) is 0 Å². The Morgan fingerprint density at radius 2 is 2.41 bits per heavy atom. The lowest BCUT2D eigenvalue weighted by Crippen LogP contribution is -2.37. The highest BCUT2D eigenvalue weighted by Crippen LogP contribution is 2.02. The van der Waals surface area contributed by atoms with Gasteiger partial charge in [-0.15, -0.1) is 0 Å². The molecule has 2 N–H and O–H groups in total. The van der Waals surface area contributed by atoms with Crippen LogP contribution in [0.1, 0.15) is 12.7 Å². The number of ether oxygens (including phenoxy) is 1. The van der Waals surface area contributed by atoms with E-state index in [4.69, 9.17) is 9.15 Å². The summed E-state index contributed by atoms with van der Waals surface area (Å²) in [5, 5.41) is 12.9. The van der Waals surface area contributed by atoms with Gasteiger partial charge < -0.3 is 19.6 Å². The van der Waals surface area contributed by atoms with E-state index in [9.17, 15) is 5.11 Å². The molecule has 0 aliphatic carbocycles. The molecule has 17 heavy (non-hydrogen) atoms. The molecule has 0 radical (unpaired) electrons. The van der Waals surface area contributed by atoms with E-state index in [0.717, 1.165) is 11.5 Å². The van der Waals surface area contributed by atoms with Gasteiger partial charge in [-0.25, -0.2) is 0 Å². The lowest BCUT2D eigenvalue weighted by Gasteiger charge is -2.16. The molecule has 0 aromatic carbocycles. The summed E-state index contributed by atoms with van der Waals surface area (Å²) in [7, 11) is 0. The van der Waals surface area contributed by atoms with Crippen molar-refractivity contribution >= 4 is 11.8 Å². The first-order valence-electron chi connectivity index (χ1n) is 5.73. The topological polar surface area (TPSA) is 54.6 Å². The van der Waals surface area contributed by atoms with Crippen LogP contribution in [-0.4, -0.2) is 42.4 Å². The van der Waals surface area contributed by atoms with Crippen molar-refractivity contribution < 1.29 is 14.3 Å². The molecule has 1 heterocycles. The Morgan fingerprint density at radius 1 is 1.59 bits per heavy atom. The molecule has 0 amide bonds. The van der Waals surface area contributed by atoms with E-state index in [-0.39, 0.29) is 0 Å². The molecule has 1 aromatic rings. The quantitative estimate of drug-likeness (QED) is 0.704. The summed E-state index contributed by atoms with van der Waals surface area (Å²) in [5.41, 5.74) is 0. The molecule has 0 fully saturated rings. The van der Waals surface area contributed by atoms with Gasteiger partial charge in [-0.05, 0) is 25.3 Å². The van der Waals surface area contributed by atoms with Crippen molar-refractivity contribution in [3.05, 3.63) is 24.2 Å². The van der Waals surface area contributed by atoms with Crippen LogP contribution in [0.25, 0.3) is 0 Å². The Balaban J connectivity index is 2.03. The highest BCUT2D eigenvalue weighted by atomic mass is 32.2. The third-order valence-electron chi connectivity index (χ3n) is 2.25. The van der Waals surface area contributed by atoms with E-state index in [1.54, 1.807) is 18.0 Å². The zero-order valence-corrected chi connectivity index (χ0v) is 11.2. The maximum atomic E-state index is 9.67. The SMILES string of the molecule is CSCC(C)NCC(O)COCc1ccco1. The molecule has 2 atom stereocenters. The van der Waals surface area contributed by atoms with E-state index in [0.29, 0.717) is 25.8 Å². The summed E-state index contributed by atoms with van der Waals surface area (Å²) in [4.78, 5) is 0. The third-order valence-corrected chi connectivity index (χ3v) is 3.09. The Hall–Kier alpha value is -0.490. The maximum absolute atomic E-state index is 9.67. The van der Waals surface area contributed by atoms with Gasteiger partial charge in [0.05, 0.1) is 19.0 Å². The second-order valence-corrected chi connectivity index (χ2v) is 4.92. The van der Waals surface area contributed by atoms with E-state index in [2.05, 4.69) is 18.5 Å². The van der Waals surface area contributed by atoms with E-state index in [1.165, 1.54) is 0 Å². The monoisotopic (exact) mass is 259 g/mol. The average Bonchev–Trinajstić information content (AvgIpc) is 2.80. The van der Waals surface area contributed by atoms with Crippen LogP contribution in [0.4, 0.5) is 0 Å². The van der Waals surface area contributed by atoms with E-state index < -0.39 is 6.10 Å². The van der Waals surface area contributed by atoms with Crippen LogP contribution in [-0.2, 0) is 11.3 Å². The van der Waals surface area contributed by atoms with Gasteiger partial charge in [0.25, 0.3) is 0 Å². The first-order chi connectivity index (χ1) is 8.22. The summed E-state index contributed by atoms with van der Waals surface area (Å²) >= 11 is 1.79. The van der Waals surface area contributed by atoms with Gasteiger partial charge in [-0.3, -0.25) is 0 Å². The molecule has 1 aromatic heterocycles. The number of aliphatic hydroxyl groups excluding tert-OH is 1. The largest absolute Gasteiger partial charge is 0.467 e. The van der Waals surface area contributed by atoms with Crippen molar-refractivity contribution in [3.63, 3.8) is 0 Å². The number of furan rings is 1. The molecule has 0 bridgehead atoms. The fraction of sp³-hybridized carbons (Fsp3) is 0.667. The van der Waals surface area contributed by atoms with Crippen molar-refractivity contribution in [1.82, 2.24) is 5.32 Å². The number of thioether (sulfide) groups is 1. The van der Waals surface area contributed by atoms with Gasteiger partial charge >= 0.3 is 0 Å². The molecule has 1 rings (SSSR count). The number of aliphatic hydroxyl groups is 1. The lowest BCUT2D eigenvalue weighted by atomic mass is 10.3. The van der Waals surface area contributed by atoms with Crippen molar-refractivity contribution in [2.45, 2.75) is 25.7 Å². The Morgan fingerprint density at radius 3 is 3.06 bits per heavy atom. The molecule has 0 aliphatic rings. The van der Waals surface area contributed by atoms with Crippen LogP contribution in [0.2, 0.25) is 0 Å². The van der Waals surface area contributed by atoms with Crippen LogP contribution in [0, 0.1) is 0 Å². The summed E-state index contributed by atoms with van der Waals surface area (Å²) in [5.74, 6) is 1.82. The van der Waals surface area contributed by atoms with Gasteiger partial charge in [0.2, 0.25) is 0 Å². The van der Waals surface area contributed by atoms with Gasteiger partial charge in [0.1, 0.15) is 12.4 Å². The number of rotatable bonds is 9. The van der Waals surface area contributed by atoms with Crippen LogP contribution >= 0.6 is 11.8 Å². The summed E-state index contributed by atoms with van der Waals surface area (Å²) < 4.78 is 10.5. The standard InChI is InChI=1S/C12H21NO3S/c1-10(9-17-2)13-6-11(14)7-15-8-12-4-3-5-16-12/h3-5,10-11,13-14H,6-9H2,1-2H3. The highest BCUT2D eigenvalue weighted by molar-refractivity contribution is 7.98. The van der Waals surface area contributed by atoms with Crippen molar-refractivity contribution in [2.75, 3.05) is 25.2 Å². The third kappa shape index (κ3) is 6.73. The Bertz CT molecular complexity index is 279. The van der Waals surface area contributed by atoms with Crippen LogP contribution in [0.5, 0.6) is 0 Å². The van der Waals surface area contributed by atoms with Crippen molar-refractivity contribution in [3.8, 4) is 0 Å². The smallest absolute Gasteiger partial charge is 0.129 e. The zero-order chi connectivity index (χ0) is 12.5. The minimum absolute atomic E-state index is 0.319. The van der Waals surface area contributed by atoms with Crippen LogP contribution in [0.15, 0.2) is 22.8 Å². The summed E-state index contributed by atoms with van der Waals surface area (Å²) in [6, 6.07) is 4.08. The lowest BCUT2D eigenvalue weighted by molar-refractivity contribution is 0.0220. The van der Waals surface area contributed by atoms with Gasteiger partial charge in [-0.1, -0.05) is 0 Å². The van der Waals surface area contributed by atoms with Crippen LogP contribution < -0.4 is 5.32 Å². The van der Waals surface area contributed by atoms with Gasteiger partial charge in [-0.2, -0.15) is 11.8 Å². The molecule has 0 aliphatic heterocycles. The second kappa shape index (κ2) is 8.58. The number of hydrogen-bond donors (Lipinski definition) is 2. The van der Waals surface area contributed by atoms with E-state index in [1.807, 2.05) is 12.1 Å². The predicted octanol–water partition coefficient (Wildman–Crippen LogP) is 1.50. The first-order valence-corrected chi connectivity index (χ1v) is 7.12. The van der Waals surface area contributed by atoms with E-state index >= 15 is 0 Å². The first kappa shape index (κ1) is 14.6. The molecule has 4 nitrogen and oxygen atoms in total. The molecule has 0 saturated carbocycles. The molecule has 98 valence electrons. The molecule has 0 spiro atoms. The second-order valence-electron chi connectivity index (χ2n) is 4.01. The maximum Gasteiger partial charge on any atom is 0.129 e. The minimum atomic E-state index is -0.478. The fourth-order valence-electron chi connectivity index (χ4n) is 1.40. The molecule has 0 saturated heterocycles. The Kier molecular flexibility index (Phi) is 7.35. The number of nitrogens with one attached hydrogen (secondary N) is 1. The van der Waals surface area contributed by atoms with Crippen molar-refractivity contribution in [2.24, 2.45) is 0 Å². The molecule has 5 heteroatoms. The minimum Gasteiger partial charge on any atom is -0.467 e. The zero-order valence-electron chi connectivity index (χ0n) is 10.4. The summed E-state index contributed by atoms with van der Waals surface area (Å²) in [6.07, 6.45) is 3.20. The normalized spacial score (nSPS) is 14.8. The summed E-state index contributed by atoms with van der Waals surface area (Å²) in [6.45, 7) is 3.39.